The Labute approximate surface area is 136 Å². The van der Waals surface area contributed by atoms with Gasteiger partial charge in [-0.3, -0.25) is 4.79 Å². The van der Waals surface area contributed by atoms with Crippen LogP contribution in [-0.4, -0.2) is 32.5 Å². The van der Waals surface area contributed by atoms with E-state index >= 15 is 0 Å². The normalized spacial score (nSPS) is 10.3. The van der Waals surface area contributed by atoms with Crippen molar-refractivity contribution in [1.82, 2.24) is 0 Å². The molecule has 0 aliphatic carbocycles. The standard InChI is InChI=1S/C19H21NO3/c1-13-8-9-17(14(2)10-13)18(21)12-23-19(22)15-6-5-7-16(11-15)20(3)4/h5-11H,12H2,1-4H3. The SMILES string of the molecule is Cc1ccc(C(=O)COC(=O)c2cccc(N(C)C)c2)c(C)c1. The third kappa shape index (κ3) is 4.19. The van der Waals surface area contributed by atoms with E-state index in [0.29, 0.717) is 11.1 Å². The lowest BCUT2D eigenvalue weighted by Crippen LogP contribution is -2.16. The average Bonchev–Trinajstić information content (AvgIpc) is 2.52. The van der Waals surface area contributed by atoms with E-state index in [1.807, 2.05) is 51.0 Å². The van der Waals surface area contributed by atoms with Crippen LogP contribution in [0, 0.1) is 13.8 Å². The molecule has 120 valence electrons. The summed E-state index contributed by atoms with van der Waals surface area (Å²) in [5.74, 6) is -0.688. The number of esters is 1. The molecule has 0 aliphatic rings. The number of ketones is 1. The van der Waals surface area contributed by atoms with Crippen LogP contribution in [0.3, 0.4) is 0 Å². The minimum atomic E-state index is -0.494. The van der Waals surface area contributed by atoms with Crippen molar-refractivity contribution in [3.63, 3.8) is 0 Å². The highest BCUT2D eigenvalue weighted by molar-refractivity contribution is 6.00. The van der Waals surface area contributed by atoms with E-state index in [-0.39, 0.29) is 12.4 Å². The number of aryl methyl sites for hydroxylation is 2. The molecule has 4 heteroatoms. The molecular weight excluding hydrogens is 290 g/mol. The lowest BCUT2D eigenvalue weighted by atomic mass is 10.0. The van der Waals surface area contributed by atoms with Gasteiger partial charge in [-0.15, -0.1) is 0 Å². The molecule has 0 saturated heterocycles. The highest BCUT2D eigenvalue weighted by Gasteiger charge is 2.14. The molecule has 0 atom stereocenters. The van der Waals surface area contributed by atoms with Crippen LogP contribution in [-0.2, 0) is 4.74 Å². The molecule has 0 unspecified atom stereocenters. The summed E-state index contributed by atoms with van der Waals surface area (Å²) in [5, 5.41) is 0. The summed E-state index contributed by atoms with van der Waals surface area (Å²) >= 11 is 0. The molecule has 0 spiro atoms. The van der Waals surface area contributed by atoms with Gasteiger partial charge in [0.2, 0.25) is 5.78 Å². The number of rotatable bonds is 5. The summed E-state index contributed by atoms with van der Waals surface area (Å²) < 4.78 is 5.16. The lowest BCUT2D eigenvalue weighted by molar-refractivity contribution is 0.0474. The predicted molar refractivity (Wildman–Crippen MR) is 91.3 cm³/mol. The zero-order valence-electron chi connectivity index (χ0n) is 13.9. The Morgan fingerprint density at radius 3 is 2.43 bits per heavy atom. The minimum absolute atomic E-state index is 0.195. The van der Waals surface area contributed by atoms with Crippen LogP contribution >= 0.6 is 0 Å². The van der Waals surface area contributed by atoms with E-state index < -0.39 is 5.97 Å². The monoisotopic (exact) mass is 311 g/mol. The van der Waals surface area contributed by atoms with Gasteiger partial charge in [-0.1, -0.05) is 29.8 Å². The van der Waals surface area contributed by atoms with Gasteiger partial charge in [0.05, 0.1) is 5.56 Å². The molecule has 2 aromatic rings. The molecule has 0 radical (unpaired) electrons. The first-order valence-corrected chi connectivity index (χ1v) is 7.43. The van der Waals surface area contributed by atoms with Crippen molar-refractivity contribution in [2.24, 2.45) is 0 Å². The summed E-state index contributed by atoms with van der Waals surface area (Å²) in [4.78, 5) is 26.2. The van der Waals surface area contributed by atoms with Gasteiger partial charge in [0, 0.05) is 25.3 Å². The van der Waals surface area contributed by atoms with E-state index in [1.165, 1.54) is 0 Å². The van der Waals surface area contributed by atoms with Gasteiger partial charge in [-0.25, -0.2) is 4.79 Å². The van der Waals surface area contributed by atoms with Crippen LogP contribution in [0.2, 0.25) is 0 Å². The van der Waals surface area contributed by atoms with Gasteiger partial charge < -0.3 is 9.64 Å². The molecule has 23 heavy (non-hydrogen) atoms. The van der Waals surface area contributed by atoms with Gasteiger partial charge in [-0.2, -0.15) is 0 Å². The summed E-state index contributed by atoms with van der Waals surface area (Å²) in [7, 11) is 3.79. The molecule has 0 saturated carbocycles. The molecule has 2 rings (SSSR count). The van der Waals surface area contributed by atoms with Crippen LogP contribution in [0.15, 0.2) is 42.5 Å². The van der Waals surface area contributed by atoms with E-state index in [1.54, 1.807) is 24.3 Å². The van der Waals surface area contributed by atoms with E-state index in [0.717, 1.165) is 16.8 Å². The van der Waals surface area contributed by atoms with Crippen LogP contribution in [0.5, 0.6) is 0 Å². The number of anilines is 1. The average molecular weight is 311 g/mol. The first kappa shape index (κ1) is 16.7. The fourth-order valence-corrected chi connectivity index (χ4v) is 2.33. The van der Waals surface area contributed by atoms with Crippen molar-refractivity contribution in [2.45, 2.75) is 13.8 Å². The van der Waals surface area contributed by atoms with Gasteiger partial charge in [0.25, 0.3) is 0 Å². The summed E-state index contributed by atoms with van der Waals surface area (Å²) in [6.07, 6.45) is 0. The number of nitrogens with zero attached hydrogens (tertiary/aromatic N) is 1. The topological polar surface area (TPSA) is 46.6 Å². The zero-order chi connectivity index (χ0) is 17.0. The molecule has 4 nitrogen and oxygen atoms in total. The smallest absolute Gasteiger partial charge is 0.338 e. The number of hydrogen-bond donors (Lipinski definition) is 0. The third-order valence-corrected chi connectivity index (χ3v) is 3.61. The Balaban J connectivity index is 2.04. The number of Topliss-reactive ketones (excluding diaryl/α,β-unsaturated/α-hetero) is 1. The predicted octanol–water partition coefficient (Wildman–Crippen LogP) is 3.41. The molecular formula is C19H21NO3. The minimum Gasteiger partial charge on any atom is -0.454 e. The Kier molecular flexibility index (Phi) is 5.16. The first-order chi connectivity index (χ1) is 10.9. The summed E-state index contributed by atoms with van der Waals surface area (Å²) in [6.45, 7) is 3.59. The Morgan fingerprint density at radius 2 is 1.78 bits per heavy atom. The van der Waals surface area contributed by atoms with Crippen LogP contribution in [0.25, 0.3) is 0 Å². The quantitative estimate of drug-likeness (QED) is 0.627. The van der Waals surface area contributed by atoms with Gasteiger partial charge in [-0.05, 0) is 37.6 Å². The van der Waals surface area contributed by atoms with Crippen LogP contribution in [0.4, 0.5) is 5.69 Å². The van der Waals surface area contributed by atoms with Gasteiger partial charge in [0.15, 0.2) is 6.61 Å². The maximum absolute atomic E-state index is 12.2. The van der Waals surface area contributed by atoms with Crippen molar-refractivity contribution in [1.29, 1.82) is 0 Å². The van der Waals surface area contributed by atoms with Crippen LogP contribution in [0.1, 0.15) is 31.8 Å². The van der Waals surface area contributed by atoms with E-state index in [4.69, 9.17) is 4.74 Å². The molecule has 2 aromatic carbocycles. The third-order valence-electron chi connectivity index (χ3n) is 3.61. The zero-order valence-corrected chi connectivity index (χ0v) is 13.9. The number of hydrogen-bond acceptors (Lipinski definition) is 4. The highest BCUT2D eigenvalue weighted by atomic mass is 16.5. The van der Waals surface area contributed by atoms with Crippen molar-refractivity contribution < 1.29 is 14.3 Å². The van der Waals surface area contributed by atoms with Crippen molar-refractivity contribution in [3.05, 3.63) is 64.7 Å². The second-order valence-corrected chi connectivity index (χ2v) is 5.76. The Hall–Kier alpha value is -2.62. The molecule has 0 fully saturated rings. The molecule has 0 aliphatic heterocycles. The van der Waals surface area contributed by atoms with Gasteiger partial charge in [0.1, 0.15) is 0 Å². The fraction of sp³-hybridized carbons (Fsp3) is 0.263. The number of carbonyl (C=O) groups is 2. The van der Waals surface area contributed by atoms with Gasteiger partial charge >= 0.3 is 5.97 Å². The second kappa shape index (κ2) is 7.09. The number of carbonyl (C=O) groups excluding carboxylic acids is 2. The summed E-state index contributed by atoms with van der Waals surface area (Å²) in [6, 6.07) is 12.7. The van der Waals surface area contributed by atoms with Crippen molar-refractivity contribution >= 4 is 17.4 Å². The first-order valence-electron chi connectivity index (χ1n) is 7.43. The molecule has 0 N–H and O–H groups in total. The van der Waals surface area contributed by atoms with Crippen LogP contribution < -0.4 is 4.90 Å². The molecule has 0 aromatic heterocycles. The maximum Gasteiger partial charge on any atom is 0.338 e. The maximum atomic E-state index is 12.2. The molecule has 0 heterocycles. The second-order valence-electron chi connectivity index (χ2n) is 5.76. The molecule has 0 amide bonds. The van der Waals surface area contributed by atoms with E-state index in [9.17, 15) is 9.59 Å². The summed E-state index contributed by atoms with van der Waals surface area (Å²) in [5.41, 5.74) is 3.91. The Bertz CT molecular complexity index is 735. The largest absolute Gasteiger partial charge is 0.454 e. The number of benzene rings is 2. The van der Waals surface area contributed by atoms with Crippen molar-refractivity contribution in [3.8, 4) is 0 Å². The lowest BCUT2D eigenvalue weighted by Gasteiger charge is -2.13. The Morgan fingerprint density at radius 1 is 1.04 bits per heavy atom. The van der Waals surface area contributed by atoms with E-state index in [2.05, 4.69) is 0 Å². The van der Waals surface area contributed by atoms with Crippen molar-refractivity contribution in [2.75, 3.05) is 25.6 Å². The highest BCUT2D eigenvalue weighted by Crippen LogP contribution is 2.15. The number of ether oxygens (including phenoxy) is 1. The molecule has 0 bridgehead atoms. The fourth-order valence-electron chi connectivity index (χ4n) is 2.33.